The SMILES string of the molecule is COc1ccc(OCCCC(Oc2ccc(Cl)cc2)C(=O)O)cc1. The zero-order chi connectivity index (χ0) is 17.4. The fourth-order valence-electron chi connectivity index (χ4n) is 2.04. The first kappa shape index (κ1) is 17.9. The molecule has 2 aromatic rings. The van der Waals surface area contributed by atoms with Crippen molar-refractivity contribution in [1.29, 1.82) is 0 Å². The third kappa shape index (κ3) is 5.66. The van der Waals surface area contributed by atoms with E-state index in [1.165, 1.54) is 0 Å². The van der Waals surface area contributed by atoms with E-state index < -0.39 is 12.1 Å². The monoisotopic (exact) mass is 350 g/mol. The van der Waals surface area contributed by atoms with Crippen LogP contribution in [0.4, 0.5) is 0 Å². The molecule has 0 aromatic heterocycles. The van der Waals surface area contributed by atoms with Crippen LogP contribution in [-0.2, 0) is 4.79 Å². The average Bonchev–Trinajstić information content (AvgIpc) is 2.59. The Morgan fingerprint density at radius 3 is 2.21 bits per heavy atom. The summed E-state index contributed by atoms with van der Waals surface area (Å²) in [7, 11) is 1.60. The molecule has 0 spiro atoms. The number of rotatable bonds is 9. The van der Waals surface area contributed by atoms with Crippen LogP contribution < -0.4 is 14.2 Å². The van der Waals surface area contributed by atoms with Crippen LogP contribution in [0.5, 0.6) is 17.2 Å². The maximum atomic E-state index is 11.3. The average molecular weight is 351 g/mol. The number of halogens is 1. The van der Waals surface area contributed by atoms with Gasteiger partial charge in [-0.15, -0.1) is 0 Å². The minimum absolute atomic E-state index is 0.341. The summed E-state index contributed by atoms with van der Waals surface area (Å²) < 4.78 is 16.1. The molecule has 0 saturated heterocycles. The number of benzene rings is 2. The molecule has 0 amide bonds. The van der Waals surface area contributed by atoms with Crippen LogP contribution in [0.15, 0.2) is 48.5 Å². The van der Waals surface area contributed by atoms with Gasteiger partial charge in [-0.2, -0.15) is 0 Å². The molecule has 6 heteroatoms. The van der Waals surface area contributed by atoms with E-state index in [1.54, 1.807) is 55.6 Å². The standard InChI is InChI=1S/C18H19ClO5/c1-22-14-8-10-15(11-9-14)23-12-2-3-17(18(20)21)24-16-6-4-13(19)5-7-16/h4-11,17H,2-3,12H2,1H3,(H,20,21). The summed E-state index contributed by atoms with van der Waals surface area (Å²) in [5.74, 6) is 0.934. The Morgan fingerprint density at radius 2 is 1.62 bits per heavy atom. The molecule has 0 aliphatic rings. The summed E-state index contributed by atoms with van der Waals surface area (Å²) >= 11 is 5.79. The highest BCUT2D eigenvalue weighted by atomic mass is 35.5. The van der Waals surface area contributed by atoms with Crippen molar-refractivity contribution in [2.45, 2.75) is 18.9 Å². The summed E-state index contributed by atoms with van der Waals surface area (Å²) in [5.41, 5.74) is 0. The van der Waals surface area contributed by atoms with E-state index in [0.717, 1.165) is 5.75 Å². The van der Waals surface area contributed by atoms with E-state index in [1.807, 2.05) is 0 Å². The lowest BCUT2D eigenvalue weighted by Crippen LogP contribution is -2.27. The Balaban J connectivity index is 1.78. The summed E-state index contributed by atoms with van der Waals surface area (Å²) in [6.07, 6.45) is -0.0318. The van der Waals surface area contributed by atoms with Crippen LogP contribution in [0.1, 0.15) is 12.8 Å². The van der Waals surface area contributed by atoms with Crippen LogP contribution >= 0.6 is 11.6 Å². The van der Waals surface area contributed by atoms with Crippen LogP contribution in [0.25, 0.3) is 0 Å². The molecule has 128 valence electrons. The first-order valence-electron chi connectivity index (χ1n) is 7.50. The van der Waals surface area contributed by atoms with Gasteiger partial charge in [0, 0.05) is 5.02 Å². The third-order valence-corrected chi connectivity index (χ3v) is 3.56. The minimum atomic E-state index is -1.01. The number of carboxylic acids is 1. The molecule has 2 aromatic carbocycles. The van der Waals surface area contributed by atoms with E-state index in [4.69, 9.17) is 25.8 Å². The summed E-state index contributed by atoms with van der Waals surface area (Å²) in [5, 5.41) is 9.83. The van der Waals surface area contributed by atoms with Crippen molar-refractivity contribution in [3.63, 3.8) is 0 Å². The number of carboxylic acid groups (broad SMARTS) is 1. The van der Waals surface area contributed by atoms with E-state index in [9.17, 15) is 9.90 Å². The fourth-order valence-corrected chi connectivity index (χ4v) is 2.17. The third-order valence-electron chi connectivity index (χ3n) is 3.31. The second kappa shape index (κ2) is 9.03. The molecule has 24 heavy (non-hydrogen) atoms. The van der Waals surface area contributed by atoms with Gasteiger partial charge in [0.1, 0.15) is 17.2 Å². The molecule has 1 N–H and O–H groups in total. The largest absolute Gasteiger partial charge is 0.497 e. The Kier molecular flexibility index (Phi) is 6.75. The maximum Gasteiger partial charge on any atom is 0.344 e. The highest BCUT2D eigenvalue weighted by Gasteiger charge is 2.19. The second-order valence-corrected chi connectivity index (χ2v) is 5.50. The number of carbonyl (C=O) groups is 1. The van der Waals surface area contributed by atoms with Gasteiger partial charge < -0.3 is 19.3 Å². The highest BCUT2D eigenvalue weighted by molar-refractivity contribution is 6.30. The fraction of sp³-hybridized carbons (Fsp3) is 0.278. The molecule has 0 aliphatic carbocycles. The van der Waals surface area contributed by atoms with Crippen LogP contribution in [0.2, 0.25) is 5.02 Å². The van der Waals surface area contributed by atoms with E-state index in [2.05, 4.69) is 0 Å². The Labute approximate surface area is 145 Å². The molecule has 0 saturated carbocycles. The molecule has 1 atom stereocenters. The van der Waals surface area contributed by atoms with Gasteiger partial charge in [0.2, 0.25) is 0 Å². The maximum absolute atomic E-state index is 11.3. The zero-order valence-electron chi connectivity index (χ0n) is 13.3. The van der Waals surface area contributed by atoms with Crippen molar-refractivity contribution in [3.8, 4) is 17.2 Å². The Morgan fingerprint density at radius 1 is 1.04 bits per heavy atom. The highest BCUT2D eigenvalue weighted by Crippen LogP contribution is 2.19. The number of methoxy groups -OCH3 is 1. The summed E-state index contributed by atoms with van der Waals surface area (Å²) in [6, 6.07) is 13.8. The van der Waals surface area contributed by atoms with Crippen LogP contribution in [0.3, 0.4) is 0 Å². The predicted molar refractivity (Wildman–Crippen MR) is 91.2 cm³/mol. The first-order chi connectivity index (χ1) is 11.6. The Hall–Kier alpha value is -2.40. The number of aliphatic carboxylic acids is 1. The lowest BCUT2D eigenvalue weighted by molar-refractivity contribution is -0.145. The van der Waals surface area contributed by atoms with Crippen molar-refractivity contribution >= 4 is 17.6 Å². The van der Waals surface area contributed by atoms with Crippen LogP contribution in [0, 0.1) is 0 Å². The van der Waals surface area contributed by atoms with Crippen molar-refractivity contribution in [2.24, 2.45) is 0 Å². The molecular formula is C18H19ClO5. The van der Waals surface area contributed by atoms with Gasteiger partial charge in [-0.1, -0.05) is 11.6 Å². The van der Waals surface area contributed by atoms with E-state index in [0.29, 0.717) is 36.0 Å². The smallest absolute Gasteiger partial charge is 0.344 e. The quantitative estimate of drug-likeness (QED) is 0.691. The number of hydrogen-bond donors (Lipinski definition) is 1. The molecule has 5 nitrogen and oxygen atoms in total. The normalized spacial score (nSPS) is 11.6. The number of ether oxygens (including phenoxy) is 3. The molecule has 0 heterocycles. The minimum Gasteiger partial charge on any atom is -0.497 e. The van der Waals surface area contributed by atoms with Crippen molar-refractivity contribution in [3.05, 3.63) is 53.6 Å². The Bertz CT molecular complexity index is 639. The van der Waals surface area contributed by atoms with Gasteiger partial charge in [-0.25, -0.2) is 4.79 Å². The van der Waals surface area contributed by atoms with Gasteiger partial charge >= 0.3 is 5.97 Å². The van der Waals surface area contributed by atoms with Gasteiger partial charge in [-0.3, -0.25) is 0 Å². The zero-order valence-corrected chi connectivity index (χ0v) is 14.0. The summed E-state index contributed by atoms with van der Waals surface area (Å²) in [6.45, 7) is 0.403. The molecule has 0 aliphatic heterocycles. The lowest BCUT2D eigenvalue weighted by atomic mass is 10.2. The van der Waals surface area contributed by atoms with Gasteiger partial charge in [0.25, 0.3) is 0 Å². The topological polar surface area (TPSA) is 65.0 Å². The molecule has 0 radical (unpaired) electrons. The first-order valence-corrected chi connectivity index (χ1v) is 7.88. The second-order valence-electron chi connectivity index (χ2n) is 5.06. The van der Waals surface area contributed by atoms with Crippen molar-refractivity contribution in [1.82, 2.24) is 0 Å². The predicted octanol–water partition coefficient (Wildman–Crippen LogP) is 4.04. The molecule has 1 unspecified atom stereocenters. The van der Waals surface area contributed by atoms with Gasteiger partial charge in [-0.05, 0) is 61.4 Å². The van der Waals surface area contributed by atoms with Crippen molar-refractivity contribution < 1.29 is 24.1 Å². The molecule has 0 bridgehead atoms. The number of hydrogen-bond acceptors (Lipinski definition) is 4. The van der Waals surface area contributed by atoms with Crippen molar-refractivity contribution in [2.75, 3.05) is 13.7 Å². The molecule has 2 rings (SSSR count). The van der Waals surface area contributed by atoms with E-state index >= 15 is 0 Å². The van der Waals surface area contributed by atoms with E-state index in [-0.39, 0.29) is 0 Å². The van der Waals surface area contributed by atoms with Gasteiger partial charge in [0.15, 0.2) is 6.10 Å². The van der Waals surface area contributed by atoms with Gasteiger partial charge in [0.05, 0.1) is 13.7 Å². The lowest BCUT2D eigenvalue weighted by Gasteiger charge is -2.15. The molecular weight excluding hydrogens is 332 g/mol. The summed E-state index contributed by atoms with van der Waals surface area (Å²) in [4.78, 5) is 11.3. The molecule has 0 fully saturated rings. The van der Waals surface area contributed by atoms with Crippen LogP contribution in [-0.4, -0.2) is 30.9 Å².